The van der Waals surface area contributed by atoms with Crippen molar-refractivity contribution >= 4 is 10.9 Å². The van der Waals surface area contributed by atoms with Crippen LogP contribution in [0.1, 0.15) is 13.3 Å². The predicted molar refractivity (Wildman–Crippen MR) is 128 cm³/mol. The second-order valence-electron chi connectivity index (χ2n) is 7.45. The lowest BCUT2D eigenvalue weighted by Gasteiger charge is -2.14. The molecule has 0 saturated carbocycles. The number of fused-ring (bicyclic) bond motifs is 1. The third-order valence-electron chi connectivity index (χ3n) is 5.25. The summed E-state index contributed by atoms with van der Waals surface area (Å²) in [5.74, 6) is 1.22. The second-order valence-corrected chi connectivity index (χ2v) is 7.45. The average Bonchev–Trinajstić information content (AvgIpc) is 2.84. The third kappa shape index (κ3) is 4.65. The molecule has 0 saturated heterocycles. The quantitative estimate of drug-likeness (QED) is 0.399. The van der Waals surface area contributed by atoms with Gasteiger partial charge in [0.2, 0.25) is 0 Å². The van der Waals surface area contributed by atoms with Gasteiger partial charge in [-0.15, -0.1) is 0 Å². The highest BCUT2D eigenvalue weighted by molar-refractivity contribution is 5.83. The van der Waals surface area contributed by atoms with Gasteiger partial charge < -0.3 is 14.8 Å². The zero-order chi connectivity index (χ0) is 22.3. The van der Waals surface area contributed by atoms with Crippen molar-refractivity contribution in [3.05, 3.63) is 83.4 Å². The van der Waals surface area contributed by atoms with E-state index in [9.17, 15) is 4.79 Å². The SMILES string of the molecule is CCCNCCOc1ccc(-n2cnc3cc(-c4ccccc4)ccc3c2=O)cc1OC. The molecule has 0 atom stereocenters. The first-order valence-corrected chi connectivity index (χ1v) is 10.8. The predicted octanol–water partition coefficient (Wildman–Crippen LogP) is 4.44. The van der Waals surface area contributed by atoms with Crippen LogP contribution in [0.25, 0.3) is 27.7 Å². The highest BCUT2D eigenvalue weighted by atomic mass is 16.5. The Bertz CT molecular complexity index is 1250. The maximum absolute atomic E-state index is 13.2. The number of benzene rings is 3. The summed E-state index contributed by atoms with van der Waals surface area (Å²) in [4.78, 5) is 17.7. The monoisotopic (exact) mass is 429 g/mol. The van der Waals surface area contributed by atoms with E-state index in [1.54, 1.807) is 19.5 Å². The van der Waals surface area contributed by atoms with Gasteiger partial charge in [-0.2, -0.15) is 0 Å². The van der Waals surface area contributed by atoms with Crippen LogP contribution in [-0.2, 0) is 0 Å². The summed E-state index contributed by atoms with van der Waals surface area (Å²) in [6.45, 7) is 4.39. The summed E-state index contributed by atoms with van der Waals surface area (Å²) < 4.78 is 12.9. The van der Waals surface area contributed by atoms with Crippen molar-refractivity contribution in [1.29, 1.82) is 0 Å². The molecule has 6 heteroatoms. The van der Waals surface area contributed by atoms with E-state index in [2.05, 4.69) is 17.2 Å². The van der Waals surface area contributed by atoms with E-state index >= 15 is 0 Å². The molecule has 0 radical (unpaired) electrons. The lowest BCUT2D eigenvalue weighted by Crippen LogP contribution is -2.21. The van der Waals surface area contributed by atoms with Gasteiger partial charge in [0.05, 0.1) is 23.7 Å². The summed E-state index contributed by atoms with van der Waals surface area (Å²) in [5.41, 5.74) is 3.32. The van der Waals surface area contributed by atoms with Crippen LogP contribution in [0.3, 0.4) is 0 Å². The van der Waals surface area contributed by atoms with E-state index in [1.807, 2.05) is 60.7 Å². The third-order valence-corrected chi connectivity index (χ3v) is 5.25. The van der Waals surface area contributed by atoms with Crippen molar-refractivity contribution in [2.45, 2.75) is 13.3 Å². The summed E-state index contributed by atoms with van der Waals surface area (Å²) in [6, 6.07) is 21.2. The zero-order valence-electron chi connectivity index (χ0n) is 18.4. The largest absolute Gasteiger partial charge is 0.493 e. The summed E-state index contributed by atoms with van der Waals surface area (Å²) >= 11 is 0. The fourth-order valence-corrected chi connectivity index (χ4v) is 3.58. The summed E-state index contributed by atoms with van der Waals surface area (Å²) in [5, 5.41) is 3.86. The van der Waals surface area contributed by atoms with E-state index in [0.717, 1.165) is 30.6 Å². The maximum atomic E-state index is 13.2. The van der Waals surface area contributed by atoms with Crippen molar-refractivity contribution in [2.75, 3.05) is 26.8 Å². The normalized spacial score (nSPS) is 10.9. The van der Waals surface area contributed by atoms with Crippen LogP contribution in [0.5, 0.6) is 11.5 Å². The highest BCUT2D eigenvalue weighted by Crippen LogP contribution is 2.29. The van der Waals surface area contributed by atoms with Crippen molar-refractivity contribution in [2.24, 2.45) is 0 Å². The van der Waals surface area contributed by atoms with Crippen LogP contribution < -0.4 is 20.3 Å². The van der Waals surface area contributed by atoms with Gasteiger partial charge in [0.25, 0.3) is 5.56 Å². The second kappa shape index (κ2) is 10.1. The van der Waals surface area contributed by atoms with Gasteiger partial charge in [-0.1, -0.05) is 43.3 Å². The molecule has 0 aliphatic rings. The number of aromatic nitrogens is 2. The van der Waals surface area contributed by atoms with Gasteiger partial charge in [0, 0.05) is 12.6 Å². The molecule has 0 bridgehead atoms. The number of rotatable bonds is 9. The lowest BCUT2D eigenvalue weighted by atomic mass is 10.0. The van der Waals surface area contributed by atoms with Gasteiger partial charge in [-0.3, -0.25) is 9.36 Å². The molecule has 6 nitrogen and oxygen atoms in total. The molecule has 1 heterocycles. The zero-order valence-corrected chi connectivity index (χ0v) is 18.4. The van der Waals surface area contributed by atoms with E-state index in [-0.39, 0.29) is 5.56 Å². The smallest absolute Gasteiger partial charge is 0.265 e. The van der Waals surface area contributed by atoms with Gasteiger partial charge in [-0.25, -0.2) is 4.98 Å². The standard InChI is InChI=1S/C26H27N3O3/c1-3-13-27-14-15-32-24-12-10-21(17-25(24)31-2)29-18-28-23-16-20(9-11-22(23)26(29)30)19-7-5-4-6-8-19/h4-12,16-18,27H,3,13-15H2,1-2H3. The minimum absolute atomic E-state index is 0.130. The Morgan fingerprint density at radius 3 is 2.56 bits per heavy atom. The summed E-state index contributed by atoms with van der Waals surface area (Å²) in [7, 11) is 1.59. The fraction of sp³-hybridized carbons (Fsp3) is 0.231. The van der Waals surface area contributed by atoms with Crippen LogP contribution >= 0.6 is 0 Å². The molecule has 0 unspecified atom stereocenters. The first kappa shape index (κ1) is 21.6. The van der Waals surface area contributed by atoms with Crippen LogP contribution in [0, 0.1) is 0 Å². The Morgan fingerprint density at radius 2 is 1.78 bits per heavy atom. The Labute approximate surface area is 187 Å². The van der Waals surface area contributed by atoms with Gasteiger partial charge in [0.1, 0.15) is 12.9 Å². The van der Waals surface area contributed by atoms with Crippen LogP contribution in [-0.4, -0.2) is 36.4 Å². The lowest BCUT2D eigenvalue weighted by molar-refractivity contribution is 0.292. The van der Waals surface area contributed by atoms with Gasteiger partial charge in [0.15, 0.2) is 11.5 Å². The van der Waals surface area contributed by atoms with E-state index in [0.29, 0.717) is 34.7 Å². The van der Waals surface area contributed by atoms with Crippen molar-refractivity contribution < 1.29 is 9.47 Å². The molecular weight excluding hydrogens is 402 g/mol. The number of nitrogens with zero attached hydrogens (tertiary/aromatic N) is 2. The molecule has 0 aliphatic carbocycles. The van der Waals surface area contributed by atoms with E-state index in [4.69, 9.17) is 9.47 Å². The average molecular weight is 430 g/mol. The Hall–Kier alpha value is -3.64. The topological polar surface area (TPSA) is 65.4 Å². The Morgan fingerprint density at radius 1 is 0.938 bits per heavy atom. The summed E-state index contributed by atoms with van der Waals surface area (Å²) in [6.07, 6.45) is 2.64. The number of nitrogens with one attached hydrogen (secondary N) is 1. The number of methoxy groups -OCH3 is 1. The molecule has 0 spiro atoms. The Balaban J connectivity index is 1.61. The first-order valence-electron chi connectivity index (χ1n) is 10.8. The van der Waals surface area contributed by atoms with Gasteiger partial charge >= 0.3 is 0 Å². The molecule has 1 aromatic heterocycles. The van der Waals surface area contributed by atoms with E-state index in [1.165, 1.54) is 4.57 Å². The highest BCUT2D eigenvalue weighted by Gasteiger charge is 2.11. The molecule has 1 N–H and O–H groups in total. The molecule has 4 rings (SSSR count). The van der Waals surface area contributed by atoms with Crippen molar-refractivity contribution in [3.8, 4) is 28.3 Å². The first-order chi connectivity index (χ1) is 15.7. The molecule has 0 aliphatic heterocycles. The number of hydrogen-bond acceptors (Lipinski definition) is 5. The van der Waals surface area contributed by atoms with Crippen molar-refractivity contribution in [3.63, 3.8) is 0 Å². The Kier molecular flexibility index (Phi) is 6.82. The number of hydrogen-bond donors (Lipinski definition) is 1. The molecular formula is C26H27N3O3. The van der Waals surface area contributed by atoms with Crippen LogP contribution in [0.4, 0.5) is 0 Å². The molecule has 0 fully saturated rings. The molecule has 32 heavy (non-hydrogen) atoms. The van der Waals surface area contributed by atoms with Crippen LogP contribution in [0.2, 0.25) is 0 Å². The van der Waals surface area contributed by atoms with E-state index < -0.39 is 0 Å². The number of ether oxygens (including phenoxy) is 2. The minimum atomic E-state index is -0.130. The van der Waals surface area contributed by atoms with Gasteiger partial charge in [-0.05, 0) is 48.4 Å². The molecule has 0 amide bonds. The molecule has 164 valence electrons. The molecule has 4 aromatic rings. The maximum Gasteiger partial charge on any atom is 0.265 e. The van der Waals surface area contributed by atoms with Crippen molar-refractivity contribution in [1.82, 2.24) is 14.9 Å². The minimum Gasteiger partial charge on any atom is -0.493 e. The van der Waals surface area contributed by atoms with Crippen LogP contribution in [0.15, 0.2) is 77.9 Å². The fourth-order valence-electron chi connectivity index (χ4n) is 3.58. The molecule has 3 aromatic carbocycles.